The number of esters is 1. The molecule has 0 aliphatic carbocycles. The van der Waals surface area contributed by atoms with Gasteiger partial charge in [0.05, 0.1) is 0 Å². The van der Waals surface area contributed by atoms with E-state index in [-0.39, 0.29) is 19.0 Å². The summed E-state index contributed by atoms with van der Waals surface area (Å²) in [5.74, 6) is 0.256. The summed E-state index contributed by atoms with van der Waals surface area (Å²) in [5, 5.41) is 0. The van der Waals surface area contributed by atoms with E-state index in [1.165, 1.54) is 0 Å². The van der Waals surface area contributed by atoms with Crippen molar-refractivity contribution in [2.45, 2.75) is 26.9 Å². The number of rotatable bonds is 4. The fourth-order valence-corrected chi connectivity index (χ4v) is 3.06. The SMILES string of the molecule is Cc1cc(C)c(C(=O)COC(=O)C2COc3ccccc3O2)c(C)c1. The number of benzene rings is 2. The fraction of sp³-hybridized carbons (Fsp3) is 0.300. The predicted octanol–water partition coefficient (Wildman–Crippen LogP) is 3.18. The van der Waals surface area contributed by atoms with Crippen LogP contribution in [0.25, 0.3) is 0 Å². The molecule has 2 aromatic rings. The number of carbonyl (C=O) groups excluding carboxylic acids is 2. The Bertz CT molecular complexity index is 802. The molecule has 130 valence electrons. The van der Waals surface area contributed by atoms with Crippen molar-refractivity contribution < 1.29 is 23.8 Å². The van der Waals surface area contributed by atoms with Crippen LogP contribution in [-0.4, -0.2) is 31.1 Å². The second-order valence-corrected chi connectivity index (χ2v) is 6.17. The molecule has 0 saturated carbocycles. The van der Waals surface area contributed by atoms with Gasteiger partial charge in [-0.05, 0) is 44.0 Å². The first-order chi connectivity index (χ1) is 12.0. The second-order valence-electron chi connectivity index (χ2n) is 6.17. The van der Waals surface area contributed by atoms with E-state index in [1.54, 1.807) is 18.2 Å². The zero-order valence-corrected chi connectivity index (χ0v) is 14.5. The normalized spacial score (nSPS) is 15.6. The van der Waals surface area contributed by atoms with Crippen LogP contribution >= 0.6 is 0 Å². The van der Waals surface area contributed by atoms with E-state index in [1.807, 2.05) is 39.0 Å². The quantitative estimate of drug-likeness (QED) is 0.632. The fourth-order valence-electron chi connectivity index (χ4n) is 3.06. The number of ketones is 1. The molecule has 0 fully saturated rings. The molecule has 1 aliphatic heterocycles. The monoisotopic (exact) mass is 340 g/mol. The topological polar surface area (TPSA) is 61.8 Å². The van der Waals surface area contributed by atoms with Crippen LogP contribution in [0.2, 0.25) is 0 Å². The minimum Gasteiger partial charge on any atom is -0.485 e. The third-order valence-electron chi connectivity index (χ3n) is 4.07. The van der Waals surface area contributed by atoms with Gasteiger partial charge in [-0.2, -0.15) is 0 Å². The highest BCUT2D eigenvalue weighted by Crippen LogP contribution is 2.31. The lowest BCUT2D eigenvalue weighted by molar-refractivity contribution is -0.153. The Morgan fingerprint density at radius 2 is 1.72 bits per heavy atom. The Hall–Kier alpha value is -2.82. The standard InChI is InChI=1S/C20H20O5/c1-12-8-13(2)19(14(3)9-12)15(21)10-24-20(22)18-11-23-16-6-4-5-7-17(16)25-18/h4-9,18H,10-11H2,1-3H3. The average molecular weight is 340 g/mol. The molecule has 0 spiro atoms. The van der Waals surface area contributed by atoms with Crippen molar-refractivity contribution in [1.82, 2.24) is 0 Å². The van der Waals surface area contributed by atoms with Gasteiger partial charge < -0.3 is 14.2 Å². The molecule has 25 heavy (non-hydrogen) atoms. The van der Waals surface area contributed by atoms with Crippen LogP contribution in [0.5, 0.6) is 11.5 Å². The van der Waals surface area contributed by atoms with Gasteiger partial charge in [0.2, 0.25) is 11.9 Å². The second kappa shape index (κ2) is 6.97. The van der Waals surface area contributed by atoms with Gasteiger partial charge in [-0.1, -0.05) is 29.8 Å². The minimum atomic E-state index is -0.872. The van der Waals surface area contributed by atoms with E-state index in [0.29, 0.717) is 17.1 Å². The Morgan fingerprint density at radius 1 is 1.08 bits per heavy atom. The molecule has 1 unspecified atom stereocenters. The molecule has 3 rings (SSSR count). The van der Waals surface area contributed by atoms with Crippen molar-refractivity contribution in [3.05, 3.63) is 58.7 Å². The van der Waals surface area contributed by atoms with Gasteiger partial charge in [-0.15, -0.1) is 0 Å². The van der Waals surface area contributed by atoms with Gasteiger partial charge in [0, 0.05) is 5.56 Å². The largest absolute Gasteiger partial charge is 0.485 e. The summed E-state index contributed by atoms with van der Waals surface area (Å²) in [6, 6.07) is 11.0. The summed E-state index contributed by atoms with van der Waals surface area (Å²) in [6.07, 6.45) is -0.872. The summed E-state index contributed by atoms with van der Waals surface area (Å²) in [7, 11) is 0. The molecule has 5 nitrogen and oxygen atoms in total. The lowest BCUT2D eigenvalue weighted by atomic mass is 9.97. The maximum atomic E-state index is 12.4. The van der Waals surface area contributed by atoms with E-state index in [2.05, 4.69) is 0 Å². The summed E-state index contributed by atoms with van der Waals surface area (Å²) in [4.78, 5) is 24.6. The van der Waals surface area contributed by atoms with E-state index < -0.39 is 12.1 Å². The molecule has 0 bridgehead atoms. The number of carbonyl (C=O) groups is 2. The van der Waals surface area contributed by atoms with Gasteiger partial charge in [-0.3, -0.25) is 4.79 Å². The van der Waals surface area contributed by atoms with Crippen molar-refractivity contribution in [1.29, 1.82) is 0 Å². The van der Waals surface area contributed by atoms with Crippen LogP contribution in [-0.2, 0) is 9.53 Å². The number of aryl methyl sites for hydroxylation is 3. The van der Waals surface area contributed by atoms with Crippen LogP contribution in [0, 0.1) is 20.8 Å². The predicted molar refractivity (Wildman–Crippen MR) is 92.3 cm³/mol. The number of ether oxygens (including phenoxy) is 3. The smallest absolute Gasteiger partial charge is 0.351 e. The zero-order chi connectivity index (χ0) is 18.0. The van der Waals surface area contributed by atoms with E-state index in [4.69, 9.17) is 14.2 Å². The molecule has 1 aliphatic rings. The van der Waals surface area contributed by atoms with Crippen LogP contribution < -0.4 is 9.47 Å². The van der Waals surface area contributed by atoms with Gasteiger partial charge in [0.25, 0.3) is 0 Å². The Kier molecular flexibility index (Phi) is 4.74. The summed E-state index contributed by atoms with van der Waals surface area (Å²) >= 11 is 0. The first-order valence-corrected chi connectivity index (χ1v) is 8.12. The Balaban J connectivity index is 1.63. The van der Waals surface area contributed by atoms with Crippen LogP contribution in [0.1, 0.15) is 27.0 Å². The molecule has 2 aromatic carbocycles. The molecule has 0 N–H and O–H groups in total. The molecule has 0 saturated heterocycles. The highest BCUT2D eigenvalue weighted by molar-refractivity contribution is 6.00. The van der Waals surface area contributed by atoms with Crippen molar-refractivity contribution >= 4 is 11.8 Å². The lowest BCUT2D eigenvalue weighted by Gasteiger charge is -2.24. The van der Waals surface area contributed by atoms with E-state index in [0.717, 1.165) is 16.7 Å². The molecule has 1 atom stereocenters. The van der Waals surface area contributed by atoms with Crippen molar-refractivity contribution in [2.75, 3.05) is 13.2 Å². The Labute approximate surface area is 146 Å². The van der Waals surface area contributed by atoms with Crippen LogP contribution in [0.15, 0.2) is 36.4 Å². The third-order valence-corrected chi connectivity index (χ3v) is 4.07. The summed E-state index contributed by atoms with van der Waals surface area (Å²) in [5.41, 5.74) is 3.45. The third kappa shape index (κ3) is 3.65. The highest BCUT2D eigenvalue weighted by Gasteiger charge is 2.29. The van der Waals surface area contributed by atoms with Crippen molar-refractivity contribution in [3.63, 3.8) is 0 Å². The molecule has 1 heterocycles. The molecule has 0 aromatic heterocycles. The Morgan fingerprint density at radius 3 is 2.40 bits per heavy atom. The molecule has 0 amide bonds. The van der Waals surface area contributed by atoms with E-state index in [9.17, 15) is 9.59 Å². The maximum absolute atomic E-state index is 12.4. The first-order valence-electron chi connectivity index (χ1n) is 8.12. The summed E-state index contributed by atoms with van der Waals surface area (Å²) in [6.45, 7) is 5.48. The van der Waals surface area contributed by atoms with Crippen molar-refractivity contribution in [2.24, 2.45) is 0 Å². The number of para-hydroxylation sites is 2. The van der Waals surface area contributed by atoms with Crippen LogP contribution in [0.4, 0.5) is 0 Å². The number of hydrogen-bond donors (Lipinski definition) is 0. The first kappa shape index (κ1) is 17.0. The van der Waals surface area contributed by atoms with Gasteiger partial charge >= 0.3 is 5.97 Å². The molecular weight excluding hydrogens is 320 g/mol. The van der Waals surface area contributed by atoms with Gasteiger partial charge in [-0.25, -0.2) is 4.79 Å². The number of Topliss-reactive ketones (excluding diaryl/α,β-unsaturated/α-hetero) is 1. The molecule has 0 radical (unpaired) electrons. The number of hydrogen-bond acceptors (Lipinski definition) is 5. The minimum absolute atomic E-state index is 0.0621. The van der Waals surface area contributed by atoms with E-state index >= 15 is 0 Å². The average Bonchev–Trinajstić information content (AvgIpc) is 2.58. The lowest BCUT2D eigenvalue weighted by Crippen LogP contribution is -2.38. The van der Waals surface area contributed by atoms with Gasteiger partial charge in [0.15, 0.2) is 18.1 Å². The molecule has 5 heteroatoms. The van der Waals surface area contributed by atoms with Gasteiger partial charge in [0.1, 0.15) is 6.61 Å². The van der Waals surface area contributed by atoms with Crippen LogP contribution in [0.3, 0.4) is 0 Å². The zero-order valence-electron chi connectivity index (χ0n) is 14.5. The highest BCUT2D eigenvalue weighted by atomic mass is 16.6. The molecular formula is C20H20O5. The number of fused-ring (bicyclic) bond motifs is 1. The summed E-state index contributed by atoms with van der Waals surface area (Å²) < 4.78 is 16.2. The van der Waals surface area contributed by atoms with Crippen molar-refractivity contribution in [3.8, 4) is 11.5 Å². The maximum Gasteiger partial charge on any atom is 0.351 e.